The van der Waals surface area contributed by atoms with Gasteiger partial charge in [0.25, 0.3) is 0 Å². The maximum absolute atomic E-state index is 5.87. The van der Waals surface area contributed by atoms with Crippen LogP contribution in [-0.4, -0.2) is 25.0 Å². The van der Waals surface area contributed by atoms with Gasteiger partial charge in [-0.3, -0.25) is 0 Å². The van der Waals surface area contributed by atoms with Crippen molar-refractivity contribution in [1.82, 2.24) is 0 Å². The summed E-state index contributed by atoms with van der Waals surface area (Å²) >= 11 is 3.44. The third-order valence-corrected chi connectivity index (χ3v) is 3.40. The minimum absolute atomic E-state index is 0.176. The average Bonchev–Trinajstić information content (AvgIpc) is 2.17. The van der Waals surface area contributed by atoms with Crippen LogP contribution in [0, 0.1) is 0 Å². The number of rotatable bonds is 4. The zero-order chi connectivity index (χ0) is 11.5. The summed E-state index contributed by atoms with van der Waals surface area (Å²) in [5.74, 6) is 0.908. The Morgan fingerprint density at radius 1 is 1.33 bits per heavy atom. The maximum atomic E-state index is 5.87. The number of anilines is 1. The van der Waals surface area contributed by atoms with Crippen LogP contribution in [0.2, 0.25) is 0 Å². The average molecular weight is 272 g/mol. The van der Waals surface area contributed by atoms with Crippen molar-refractivity contribution in [2.24, 2.45) is 0 Å². The smallest absolute Gasteiger partial charge is 0.122 e. The van der Waals surface area contributed by atoms with Crippen molar-refractivity contribution in [1.29, 1.82) is 0 Å². The molecule has 0 saturated heterocycles. The molecule has 0 bridgehead atoms. The second kappa shape index (κ2) is 4.88. The van der Waals surface area contributed by atoms with Crippen LogP contribution < -0.4 is 9.64 Å². The molecule has 2 nitrogen and oxygen atoms in total. The molecular formula is C12H18BrNO. The van der Waals surface area contributed by atoms with Gasteiger partial charge >= 0.3 is 0 Å². The van der Waals surface area contributed by atoms with Gasteiger partial charge < -0.3 is 9.64 Å². The molecule has 15 heavy (non-hydrogen) atoms. The first-order chi connectivity index (χ1) is 6.94. The quantitative estimate of drug-likeness (QED) is 0.780. The van der Waals surface area contributed by atoms with Crippen molar-refractivity contribution in [3.63, 3.8) is 0 Å². The summed E-state index contributed by atoms with van der Waals surface area (Å²) in [5, 5.41) is 0.812. The molecule has 0 aliphatic heterocycles. The Bertz CT molecular complexity index is 323. The fourth-order valence-corrected chi connectivity index (χ4v) is 1.29. The molecule has 84 valence electrons. The van der Waals surface area contributed by atoms with Crippen molar-refractivity contribution in [3.8, 4) is 5.75 Å². The molecule has 0 amide bonds. The number of nitrogens with zero attached hydrogens (tertiary/aromatic N) is 1. The van der Waals surface area contributed by atoms with Crippen molar-refractivity contribution in [2.45, 2.75) is 19.4 Å². The molecule has 0 N–H and O–H groups in total. The Morgan fingerprint density at radius 2 is 2.00 bits per heavy atom. The van der Waals surface area contributed by atoms with Gasteiger partial charge in [0, 0.05) is 31.2 Å². The lowest BCUT2D eigenvalue weighted by Gasteiger charge is -2.24. The van der Waals surface area contributed by atoms with Crippen LogP contribution in [0.4, 0.5) is 5.69 Å². The highest BCUT2D eigenvalue weighted by Crippen LogP contribution is 2.24. The number of hydrogen-bond acceptors (Lipinski definition) is 2. The first-order valence-electron chi connectivity index (χ1n) is 4.97. The highest BCUT2D eigenvalue weighted by Gasteiger charge is 2.17. The lowest BCUT2D eigenvalue weighted by Crippen LogP contribution is -2.29. The first kappa shape index (κ1) is 12.4. The van der Waals surface area contributed by atoms with E-state index in [-0.39, 0.29) is 5.60 Å². The standard InChI is InChI=1S/C12H18BrNO/c1-12(2,9-13)15-11-7-5-6-10(8-11)14(3)4/h5-8H,9H2,1-4H3. The van der Waals surface area contributed by atoms with Crippen LogP contribution in [0.25, 0.3) is 0 Å². The van der Waals surface area contributed by atoms with Gasteiger partial charge in [0.15, 0.2) is 0 Å². The largest absolute Gasteiger partial charge is 0.487 e. The number of benzene rings is 1. The molecule has 0 saturated carbocycles. The van der Waals surface area contributed by atoms with Gasteiger partial charge in [0.05, 0.1) is 0 Å². The third kappa shape index (κ3) is 3.74. The maximum Gasteiger partial charge on any atom is 0.122 e. The number of alkyl halides is 1. The molecule has 1 aromatic carbocycles. The number of ether oxygens (including phenoxy) is 1. The summed E-state index contributed by atoms with van der Waals surface area (Å²) in [6.07, 6.45) is 0. The van der Waals surface area contributed by atoms with Crippen molar-refractivity contribution in [3.05, 3.63) is 24.3 Å². The van der Waals surface area contributed by atoms with E-state index in [2.05, 4.69) is 40.7 Å². The predicted octanol–water partition coefficient (Wildman–Crippen LogP) is 3.30. The molecule has 0 aliphatic carbocycles. The van der Waals surface area contributed by atoms with Crippen LogP contribution in [0.15, 0.2) is 24.3 Å². The summed E-state index contributed by atoms with van der Waals surface area (Å²) in [6, 6.07) is 8.10. The summed E-state index contributed by atoms with van der Waals surface area (Å²) < 4.78 is 5.87. The van der Waals surface area contributed by atoms with Gasteiger partial charge in [0.1, 0.15) is 11.4 Å². The van der Waals surface area contributed by atoms with E-state index in [9.17, 15) is 0 Å². The Morgan fingerprint density at radius 3 is 2.53 bits per heavy atom. The zero-order valence-electron chi connectivity index (χ0n) is 9.75. The van der Waals surface area contributed by atoms with E-state index < -0.39 is 0 Å². The summed E-state index contributed by atoms with van der Waals surface area (Å²) in [6.45, 7) is 4.12. The highest BCUT2D eigenvalue weighted by atomic mass is 79.9. The minimum atomic E-state index is -0.176. The fraction of sp³-hybridized carbons (Fsp3) is 0.500. The fourth-order valence-electron chi connectivity index (χ4n) is 1.17. The summed E-state index contributed by atoms with van der Waals surface area (Å²) in [5.41, 5.74) is 0.975. The minimum Gasteiger partial charge on any atom is -0.487 e. The van der Waals surface area contributed by atoms with Crippen molar-refractivity contribution >= 4 is 21.6 Å². The van der Waals surface area contributed by atoms with Crippen LogP contribution in [0.5, 0.6) is 5.75 Å². The highest BCUT2D eigenvalue weighted by molar-refractivity contribution is 9.09. The zero-order valence-corrected chi connectivity index (χ0v) is 11.3. The summed E-state index contributed by atoms with van der Waals surface area (Å²) in [7, 11) is 4.05. The first-order valence-corrected chi connectivity index (χ1v) is 6.09. The van der Waals surface area contributed by atoms with Crippen LogP contribution in [0.3, 0.4) is 0 Å². The lowest BCUT2D eigenvalue weighted by atomic mass is 10.2. The molecule has 0 spiro atoms. The number of hydrogen-bond donors (Lipinski definition) is 0. The lowest BCUT2D eigenvalue weighted by molar-refractivity contribution is 0.137. The van der Waals surface area contributed by atoms with Gasteiger partial charge in [0.2, 0.25) is 0 Å². The second-order valence-corrected chi connectivity index (χ2v) is 4.95. The molecule has 1 rings (SSSR count). The molecule has 0 aliphatic rings. The van der Waals surface area contributed by atoms with Crippen molar-refractivity contribution in [2.75, 3.05) is 24.3 Å². The van der Waals surface area contributed by atoms with Crippen LogP contribution >= 0.6 is 15.9 Å². The molecule has 3 heteroatoms. The van der Waals surface area contributed by atoms with E-state index in [0.29, 0.717) is 0 Å². The molecule has 0 unspecified atom stereocenters. The molecular weight excluding hydrogens is 254 g/mol. The molecule has 0 radical (unpaired) electrons. The summed E-state index contributed by atoms with van der Waals surface area (Å²) in [4.78, 5) is 2.06. The van der Waals surface area contributed by atoms with Gasteiger partial charge in [-0.25, -0.2) is 0 Å². The van der Waals surface area contributed by atoms with Gasteiger partial charge in [-0.05, 0) is 26.0 Å². The van der Waals surface area contributed by atoms with Crippen molar-refractivity contribution < 1.29 is 4.74 Å². The third-order valence-electron chi connectivity index (χ3n) is 2.05. The Hall–Kier alpha value is -0.700. The van der Waals surface area contributed by atoms with Crippen LogP contribution in [-0.2, 0) is 0 Å². The normalized spacial score (nSPS) is 11.3. The Labute approximate surface area is 100 Å². The van der Waals surface area contributed by atoms with Gasteiger partial charge in [-0.1, -0.05) is 22.0 Å². The molecule has 0 fully saturated rings. The monoisotopic (exact) mass is 271 g/mol. The molecule has 0 atom stereocenters. The van der Waals surface area contributed by atoms with E-state index in [4.69, 9.17) is 4.74 Å². The van der Waals surface area contributed by atoms with E-state index in [0.717, 1.165) is 16.8 Å². The van der Waals surface area contributed by atoms with E-state index >= 15 is 0 Å². The predicted molar refractivity (Wildman–Crippen MR) is 69.3 cm³/mol. The Kier molecular flexibility index (Phi) is 4.03. The van der Waals surface area contributed by atoms with Gasteiger partial charge in [-0.2, -0.15) is 0 Å². The molecule has 1 aromatic rings. The van der Waals surface area contributed by atoms with E-state index in [1.54, 1.807) is 0 Å². The number of halogens is 1. The van der Waals surface area contributed by atoms with Crippen LogP contribution in [0.1, 0.15) is 13.8 Å². The Balaban J connectivity index is 2.82. The van der Waals surface area contributed by atoms with E-state index in [1.807, 2.05) is 32.3 Å². The second-order valence-electron chi connectivity index (χ2n) is 4.39. The van der Waals surface area contributed by atoms with E-state index in [1.165, 1.54) is 0 Å². The SMILES string of the molecule is CN(C)c1cccc(OC(C)(C)CBr)c1. The molecule has 0 aromatic heterocycles. The molecule has 0 heterocycles. The topological polar surface area (TPSA) is 12.5 Å². The van der Waals surface area contributed by atoms with Gasteiger partial charge in [-0.15, -0.1) is 0 Å².